The van der Waals surface area contributed by atoms with Gasteiger partial charge in [0.05, 0.1) is 0 Å². The molecule has 1 aromatic carbocycles. The molecule has 0 spiro atoms. The average Bonchev–Trinajstić information content (AvgIpc) is 2.34. The van der Waals surface area contributed by atoms with Crippen molar-refractivity contribution in [3.8, 4) is 0 Å². The van der Waals surface area contributed by atoms with Crippen LogP contribution in [0.15, 0.2) is 30.5 Å². The fourth-order valence-electron chi connectivity index (χ4n) is 1.77. The monoisotopic (exact) mass is 274 g/mol. The summed E-state index contributed by atoms with van der Waals surface area (Å²) < 4.78 is 5.22. The van der Waals surface area contributed by atoms with E-state index in [2.05, 4.69) is 4.98 Å². The van der Waals surface area contributed by atoms with Gasteiger partial charge in [-0.05, 0) is 50.4 Å². The first-order valence-electron chi connectivity index (χ1n) is 6.20. The molecule has 2 aromatic rings. The molecule has 1 aromatic heterocycles. The molecule has 6 nitrogen and oxygen atoms in total. The van der Waals surface area contributed by atoms with Gasteiger partial charge in [0.25, 0.3) is 0 Å². The van der Waals surface area contributed by atoms with Crippen molar-refractivity contribution < 1.29 is 9.53 Å². The molecule has 0 radical (unpaired) electrons. The minimum absolute atomic E-state index is 0.330. The lowest BCUT2D eigenvalue weighted by molar-refractivity contribution is 0.0579. The summed E-state index contributed by atoms with van der Waals surface area (Å²) in [4.78, 5) is 16.1. The van der Waals surface area contributed by atoms with Crippen molar-refractivity contribution in [2.75, 3.05) is 10.7 Å². The zero-order valence-electron chi connectivity index (χ0n) is 11.8. The number of nitrogens with zero attached hydrogens (tertiary/aromatic N) is 2. The third kappa shape index (κ3) is 2.97. The van der Waals surface area contributed by atoms with Crippen molar-refractivity contribution in [3.05, 3.63) is 30.5 Å². The molecular weight excluding hydrogens is 256 g/mol. The third-order valence-electron chi connectivity index (χ3n) is 2.59. The van der Waals surface area contributed by atoms with E-state index < -0.39 is 11.7 Å². The number of nitrogens with two attached hydrogens (primary N) is 2. The van der Waals surface area contributed by atoms with Gasteiger partial charge >= 0.3 is 6.09 Å². The van der Waals surface area contributed by atoms with E-state index in [1.807, 2.05) is 0 Å². The van der Waals surface area contributed by atoms with Crippen LogP contribution in [0, 0.1) is 0 Å². The van der Waals surface area contributed by atoms with Crippen molar-refractivity contribution in [3.63, 3.8) is 0 Å². The minimum atomic E-state index is -0.658. The second kappa shape index (κ2) is 4.97. The predicted molar refractivity (Wildman–Crippen MR) is 79.1 cm³/mol. The van der Waals surface area contributed by atoms with Crippen LogP contribution in [-0.2, 0) is 4.74 Å². The Hall–Kier alpha value is -2.34. The highest BCUT2D eigenvalue weighted by Crippen LogP contribution is 2.25. The van der Waals surface area contributed by atoms with Crippen LogP contribution >= 0.6 is 0 Å². The second-order valence-corrected chi connectivity index (χ2v) is 5.47. The van der Waals surface area contributed by atoms with Crippen LogP contribution in [0.2, 0.25) is 0 Å². The summed E-state index contributed by atoms with van der Waals surface area (Å²) in [5, 5.41) is 2.49. The quantitative estimate of drug-likeness (QED) is 0.360. The van der Waals surface area contributed by atoms with E-state index in [1.54, 1.807) is 51.2 Å². The van der Waals surface area contributed by atoms with E-state index in [9.17, 15) is 4.79 Å². The first-order chi connectivity index (χ1) is 9.28. The van der Waals surface area contributed by atoms with Crippen LogP contribution in [0.3, 0.4) is 0 Å². The van der Waals surface area contributed by atoms with Gasteiger partial charge in [-0.1, -0.05) is 0 Å². The number of hydrogen-bond acceptors (Lipinski definition) is 5. The number of benzene rings is 1. The van der Waals surface area contributed by atoms with Crippen molar-refractivity contribution in [1.82, 2.24) is 4.98 Å². The van der Waals surface area contributed by atoms with E-state index >= 15 is 0 Å². The van der Waals surface area contributed by atoms with Crippen LogP contribution in [0.1, 0.15) is 20.8 Å². The molecule has 4 N–H and O–H groups in total. The maximum atomic E-state index is 12.0. The molecule has 0 bridgehead atoms. The Bertz CT molecular complexity index is 649. The fourth-order valence-corrected chi connectivity index (χ4v) is 1.77. The summed E-state index contributed by atoms with van der Waals surface area (Å²) in [6, 6.07) is 7.11. The molecule has 6 heteroatoms. The Labute approximate surface area is 117 Å². The van der Waals surface area contributed by atoms with Crippen molar-refractivity contribution in [2.45, 2.75) is 26.4 Å². The van der Waals surface area contributed by atoms with Gasteiger partial charge in [-0.25, -0.2) is 15.6 Å². The summed E-state index contributed by atoms with van der Waals surface area (Å²) in [5.41, 5.74) is 5.75. The second-order valence-electron chi connectivity index (χ2n) is 5.47. The van der Waals surface area contributed by atoms with Gasteiger partial charge in [0.1, 0.15) is 5.60 Å². The summed E-state index contributed by atoms with van der Waals surface area (Å²) in [6.07, 6.45) is 0.913. The summed E-state index contributed by atoms with van der Waals surface area (Å²) in [7, 11) is 0. The lowest BCUT2D eigenvalue weighted by Gasteiger charge is -2.24. The number of nitrogen functional groups attached to an aromatic ring is 1. The number of pyridine rings is 1. The Morgan fingerprint density at radius 2 is 2.00 bits per heavy atom. The number of anilines is 2. The number of hydrazine groups is 1. The lowest BCUT2D eigenvalue weighted by atomic mass is 10.1. The van der Waals surface area contributed by atoms with Gasteiger partial charge < -0.3 is 10.5 Å². The Balaban J connectivity index is 2.40. The molecule has 1 heterocycles. The summed E-state index contributed by atoms with van der Waals surface area (Å²) in [5.74, 6) is 6.15. The zero-order chi connectivity index (χ0) is 14.9. The number of ether oxygens (including phenoxy) is 1. The highest BCUT2D eigenvalue weighted by molar-refractivity contribution is 5.99. The molecular formula is C14H18N4O2. The van der Waals surface area contributed by atoms with E-state index in [-0.39, 0.29) is 0 Å². The first kappa shape index (κ1) is 14.1. The number of amides is 1. The average molecular weight is 274 g/mol. The number of rotatable bonds is 1. The standard InChI is InChI=1S/C14H18N4O2/c1-14(2,3)20-13(19)18(16)12-11-5-4-10(15)8-9(11)6-7-17-12/h4-8H,15-16H2,1-3H3. The number of aromatic nitrogens is 1. The van der Waals surface area contributed by atoms with Gasteiger partial charge in [-0.15, -0.1) is 0 Å². The number of hydrogen-bond donors (Lipinski definition) is 2. The van der Waals surface area contributed by atoms with Gasteiger partial charge in [0.2, 0.25) is 0 Å². The molecule has 0 fully saturated rings. The normalized spacial score (nSPS) is 11.4. The molecule has 0 saturated carbocycles. The summed E-state index contributed by atoms with van der Waals surface area (Å²) >= 11 is 0. The van der Waals surface area contributed by atoms with Gasteiger partial charge in [-0.2, -0.15) is 5.01 Å². The summed E-state index contributed by atoms with van der Waals surface area (Å²) in [6.45, 7) is 5.32. The Kier molecular flexibility index (Phi) is 3.50. The van der Waals surface area contributed by atoms with Gasteiger partial charge in [0.15, 0.2) is 5.82 Å². The molecule has 0 atom stereocenters. The van der Waals surface area contributed by atoms with E-state index in [4.69, 9.17) is 16.3 Å². The number of carbonyl (C=O) groups is 1. The molecule has 0 aliphatic heterocycles. The topological polar surface area (TPSA) is 94.5 Å². The maximum Gasteiger partial charge on any atom is 0.430 e. The molecule has 20 heavy (non-hydrogen) atoms. The SMILES string of the molecule is CC(C)(C)OC(=O)N(N)c1nccc2cc(N)ccc12. The minimum Gasteiger partial charge on any atom is -0.442 e. The first-order valence-corrected chi connectivity index (χ1v) is 6.20. The third-order valence-corrected chi connectivity index (χ3v) is 2.59. The molecule has 0 saturated heterocycles. The number of carbonyl (C=O) groups excluding carboxylic acids is 1. The zero-order valence-corrected chi connectivity index (χ0v) is 11.8. The van der Waals surface area contributed by atoms with Crippen LogP contribution < -0.4 is 16.6 Å². The molecule has 0 unspecified atom stereocenters. The fraction of sp³-hybridized carbons (Fsp3) is 0.286. The molecule has 0 aliphatic rings. The van der Waals surface area contributed by atoms with Gasteiger partial charge in [-0.3, -0.25) is 0 Å². The Morgan fingerprint density at radius 1 is 1.30 bits per heavy atom. The molecule has 106 valence electrons. The predicted octanol–water partition coefficient (Wildman–Crippen LogP) is 2.43. The van der Waals surface area contributed by atoms with E-state index in [0.717, 1.165) is 15.8 Å². The van der Waals surface area contributed by atoms with Crippen molar-refractivity contribution in [2.24, 2.45) is 5.84 Å². The van der Waals surface area contributed by atoms with Crippen molar-refractivity contribution >= 4 is 28.4 Å². The molecule has 2 rings (SSSR count). The van der Waals surface area contributed by atoms with Crippen LogP contribution in [0.25, 0.3) is 10.8 Å². The van der Waals surface area contributed by atoms with Crippen LogP contribution in [-0.4, -0.2) is 16.7 Å². The largest absolute Gasteiger partial charge is 0.442 e. The highest BCUT2D eigenvalue weighted by atomic mass is 16.6. The Morgan fingerprint density at radius 3 is 2.65 bits per heavy atom. The molecule has 0 aliphatic carbocycles. The number of fused-ring (bicyclic) bond motifs is 1. The van der Waals surface area contributed by atoms with E-state index in [1.165, 1.54) is 0 Å². The van der Waals surface area contributed by atoms with Crippen molar-refractivity contribution in [1.29, 1.82) is 0 Å². The lowest BCUT2D eigenvalue weighted by Crippen LogP contribution is -2.42. The maximum absolute atomic E-state index is 12.0. The smallest absolute Gasteiger partial charge is 0.430 e. The van der Waals surface area contributed by atoms with Crippen LogP contribution in [0.5, 0.6) is 0 Å². The molecule has 1 amide bonds. The highest BCUT2D eigenvalue weighted by Gasteiger charge is 2.23. The van der Waals surface area contributed by atoms with E-state index in [0.29, 0.717) is 11.5 Å². The van der Waals surface area contributed by atoms with Crippen LogP contribution in [0.4, 0.5) is 16.3 Å². The van der Waals surface area contributed by atoms with Gasteiger partial charge in [0, 0.05) is 17.3 Å².